The van der Waals surface area contributed by atoms with Crippen molar-refractivity contribution in [3.63, 3.8) is 0 Å². The number of halogens is 2. The lowest BCUT2D eigenvalue weighted by Gasteiger charge is -2.15. The predicted octanol–water partition coefficient (Wildman–Crippen LogP) is 2.26. The minimum absolute atomic E-state index is 0.0253. The molecule has 3 heterocycles. The van der Waals surface area contributed by atoms with Crippen LogP contribution in [0, 0.1) is 23.5 Å². The highest BCUT2D eigenvalue weighted by Gasteiger charge is 2.25. The second kappa shape index (κ2) is 8.79. The van der Waals surface area contributed by atoms with E-state index in [9.17, 15) is 13.6 Å². The minimum Gasteiger partial charge on any atom is -0.475 e. The minimum atomic E-state index is -0.795. The molecular weight excluding hydrogens is 406 g/mol. The van der Waals surface area contributed by atoms with Crippen LogP contribution < -0.4 is 10.1 Å². The van der Waals surface area contributed by atoms with E-state index in [0.717, 1.165) is 18.6 Å². The number of benzene rings is 1. The Hall–Kier alpha value is -4.00. The first kappa shape index (κ1) is 20.3. The van der Waals surface area contributed by atoms with Crippen LogP contribution >= 0.6 is 0 Å². The summed E-state index contributed by atoms with van der Waals surface area (Å²) in [5, 5.41) is 3.29. The van der Waals surface area contributed by atoms with Gasteiger partial charge in [-0.1, -0.05) is 18.6 Å². The number of hydrogen-bond acceptors (Lipinski definition) is 6. The number of ether oxygens (including phenoxy) is 1. The summed E-state index contributed by atoms with van der Waals surface area (Å²) in [4.78, 5) is 29.2. The number of carbonyl (C=O) groups excluding carboxylic acids is 1. The number of likely N-dealkylation sites (tertiary alicyclic amines) is 1. The zero-order valence-electron chi connectivity index (χ0n) is 16.4. The van der Waals surface area contributed by atoms with Crippen molar-refractivity contribution in [2.24, 2.45) is 0 Å². The Kier molecular flexibility index (Phi) is 5.75. The van der Waals surface area contributed by atoms with Crippen LogP contribution in [0.25, 0.3) is 11.2 Å². The topological polar surface area (TPSA) is 96.0 Å². The molecule has 3 aromatic rings. The van der Waals surface area contributed by atoms with Crippen molar-refractivity contribution in [3.05, 3.63) is 54.6 Å². The van der Waals surface area contributed by atoms with Crippen LogP contribution in [-0.4, -0.2) is 56.5 Å². The molecular formula is C21H18F2N6O2. The predicted molar refractivity (Wildman–Crippen MR) is 109 cm³/mol. The third-order valence-corrected chi connectivity index (χ3v) is 4.71. The summed E-state index contributed by atoms with van der Waals surface area (Å²) in [5.41, 5.74) is 0.987. The number of H-pyrrole nitrogens is 1. The zero-order chi connectivity index (χ0) is 21.8. The van der Waals surface area contributed by atoms with Crippen LogP contribution in [0.2, 0.25) is 0 Å². The lowest BCUT2D eigenvalue weighted by molar-refractivity contribution is -0.125. The van der Waals surface area contributed by atoms with Crippen molar-refractivity contribution in [1.29, 1.82) is 0 Å². The van der Waals surface area contributed by atoms with Gasteiger partial charge in [-0.05, 0) is 30.6 Å². The van der Waals surface area contributed by atoms with Crippen LogP contribution in [0.5, 0.6) is 5.75 Å². The fourth-order valence-electron chi connectivity index (χ4n) is 3.24. The number of amides is 1. The van der Waals surface area contributed by atoms with E-state index in [1.165, 1.54) is 18.5 Å². The molecule has 31 heavy (non-hydrogen) atoms. The van der Waals surface area contributed by atoms with Gasteiger partial charge in [-0.15, -0.1) is 0 Å². The van der Waals surface area contributed by atoms with E-state index in [1.54, 1.807) is 4.90 Å². The van der Waals surface area contributed by atoms with Gasteiger partial charge in [-0.2, -0.15) is 0 Å². The number of imidazole rings is 1. The Morgan fingerprint density at radius 1 is 1.39 bits per heavy atom. The number of fused-ring (bicyclic) bond motifs is 1. The monoisotopic (exact) mass is 424 g/mol. The molecule has 2 N–H and O–H groups in total. The van der Waals surface area contributed by atoms with E-state index < -0.39 is 17.4 Å². The number of anilines is 1. The fraction of sp³-hybridized carbons (Fsp3) is 0.238. The first-order valence-corrected chi connectivity index (χ1v) is 9.49. The smallest absolute Gasteiger partial charge is 0.246 e. The molecule has 8 nitrogen and oxygen atoms in total. The third-order valence-electron chi connectivity index (χ3n) is 4.71. The van der Waals surface area contributed by atoms with Gasteiger partial charge in [0, 0.05) is 19.1 Å². The van der Waals surface area contributed by atoms with Crippen molar-refractivity contribution in [3.8, 4) is 17.6 Å². The maximum absolute atomic E-state index is 13.6. The van der Waals surface area contributed by atoms with Gasteiger partial charge in [0.05, 0.1) is 0 Å². The molecule has 4 rings (SSSR count). The summed E-state index contributed by atoms with van der Waals surface area (Å²) >= 11 is 0. The average molecular weight is 424 g/mol. The Morgan fingerprint density at radius 3 is 2.97 bits per heavy atom. The number of aromatic nitrogens is 4. The summed E-state index contributed by atoms with van der Waals surface area (Å²) < 4.78 is 32.2. The maximum Gasteiger partial charge on any atom is 0.246 e. The molecule has 1 aliphatic rings. The van der Waals surface area contributed by atoms with Crippen LogP contribution in [0.3, 0.4) is 0 Å². The largest absolute Gasteiger partial charge is 0.475 e. The van der Waals surface area contributed by atoms with Crippen LogP contribution in [0.1, 0.15) is 12.2 Å². The van der Waals surface area contributed by atoms with Gasteiger partial charge in [0.1, 0.15) is 12.9 Å². The number of nitrogens with zero attached hydrogens (tertiary/aromatic N) is 4. The van der Waals surface area contributed by atoms with E-state index in [0.29, 0.717) is 35.9 Å². The van der Waals surface area contributed by atoms with E-state index in [1.807, 2.05) is 0 Å². The number of nitrogens with one attached hydrogen (secondary N) is 2. The molecule has 158 valence electrons. The normalized spacial score (nSPS) is 15.4. The molecule has 0 saturated carbocycles. The molecule has 0 spiro atoms. The summed E-state index contributed by atoms with van der Waals surface area (Å²) in [6.07, 6.45) is 3.46. The Labute approximate surface area is 176 Å². The second-order valence-electron chi connectivity index (χ2n) is 6.76. The molecule has 1 fully saturated rings. The Balaban J connectivity index is 1.44. The first-order chi connectivity index (χ1) is 15.0. The van der Waals surface area contributed by atoms with Gasteiger partial charge in [-0.3, -0.25) is 4.79 Å². The molecule has 0 unspecified atom stereocenters. The van der Waals surface area contributed by atoms with E-state index in [2.05, 4.69) is 43.7 Å². The lowest BCUT2D eigenvalue weighted by atomic mass is 10.2. The number of aromatic amines is 1. The van der Waals surface area contributed by atoms with E-state index in [4.69, 9.17) is 4.74 Å². The molecule has 2 aromatic heterocycles. The van der Waals surface area contributed by atoms with Crippen molar-refractivity contribution >= 4 is 22.9 Å². The molecule has 1 aliphatic heterocycles. The van der Waals surface area contributed by atoms with Gasteiger partial charge in [0.25, 0.3) is 0 Å². The molecule has 1 saturated heterocycles. The molecule has 1 amide bonds. The quantitative estimate of drug-likeness (QED) is 0.482. The molecule has 1 aromatic carbocycles. The second-order valence-corrected chi connectivity index (χ2v) is 6.76. The Bertz CT molecular complexity index is 1180. The molecule has 0 radical (unpaired) electrons. The average Bonchev–Trinajstić information content (AvgIpc) is 3.39. The van der Waals surface area contributed by atoms with Crippen molar-refractivity contribution in [2.75, 3.05) is 25.0 Å². The van der Waals surface area contributed by atoms with Gasteiger partial charge < -0.3 is 19.9 Å². The number of para-hydroxylation sites is 1. The van der Waals surface area contributed by atoms with Gasteiger partial charge in [-0.25, -0.2) is 23.7 Å². The highest BCUT2D eigenvalue weighted by atomic mass is 19.1. The van der Waals surface area contributed by atoms with Crippen LogP contribution in [0.4, 0.5) is 14.6 Å². The summed E-state index contributed by atoms with van der Waals surface area (Å²) in [6, 6.07) is 3.49. The highest BCUT2D eigenvalue weighted by molar-refractivity contribution is 5.87. The van der Waals surface area contributed by atoms with Gasteiger partial charge in [0.15, 0.2) is 40.2 Å². The Morgan fingerprint density at radius 2 is 2.19 bits per heavy atom. The lowest BCUT2D eigenvalue weighted by Crippen LogP contribution is -2.30. The van der Waals surface area contributed by atoms with Crippen LogP contribution in [-0.2, 0) is 4.79 Å². The van der Waals surface area contributed by atoms with Gasteiger partial charge >= 0.3 is 0 Å². The van der Waals surface area contributed by atoms with Crippen LogP contribution in [0.15, 0.2) is 37.2 Å². The molecule has 0 bridgehead atoms. The summed E-state index contributed by atoms with van der Waals surface area (Å²) in [6.45, 7) is 4.46. The number of rotatable bonds is 5. The van der Waals surface area contributed by atoms with Crippen molar-refractivity contribution < 1.29 is 18.3 Å². The first-order valence-electron chi connectivity index (χ1n) is 9.49. The number of hydrogen-bond donors (Lipinski definition) is 2. The molecule has 10 heteroatoms. The summed E-state index contributed by atoms with van der Waals surface area (Å²) in [7, 11) is 0. The fourth-order valence-corrected chi connectivity index (χ4v) is 3.24. The van der Waals surface area contributed by atoms with E-state index in [-0.39, 0.29) is 18.6 Å². The molecule has 1 atom stereocenters. The third kappa shape index (κ3) is 4.45. The standard InChI is InChI=1S/C21H18F2N6O2/c1-2-17(30)29-9-8-13(11-29)26-20-18-21(25-12-24-20)28-16(27-18)7-4-10-31-19-14(22)5-3-6-15(19)23/h2-3,5-6,12-13H,1,8-11H2,(H2,24,25,26,27,28)/t13-/m1/s1. The summed E-state index contributed by atoms with van der Waals surface area (Å²) in [5.74, 6) is 4.08. The molecule has 0 aliphatic carbocycles. The zero-order valence-corrected chi connectivity index (χ0v) is 16.4. The van der Waals surface area contributed by atoms with Crippen molar-refractivity contribution in [1.82, 2.24) is 24.8 Å². The SMILES string of the molecule is C=CC(=O)N1CC[C@@H](Nc2ncnc3[nH]c(C#CCOc4c(F)cccc4F)nc23)C1. The maximum atomic E-state index is 13.6. The van der Waals surface area contributed by atoms with E-state index >= 15 is 0 Å². The van der Waals surface area contributed by atoms with Gasteiger partial charge in [0.2, 0.25) is 5.91 Å². The highest BCUT2D eigenvalue weighted by Crippen LogP contribution is 2.21. The number of carbonyl (C=O) groups is 1. The van der Waals surface area contributed by atoms with Crippen molar-refractivity contribution in [2.45, 2.75) is 12.5 Å².